The molecule has 0 aliphatic rings. The fourth-order valence-electron chi connectivity index (χ4n) is 4.18. The summed E-state index contributed by atoms with van der Waals surface area (Å²) < 4.78 is 12.7. The van der Waals surface area contributed by atoms with Crippen LogP contribution in [0.5, 0.6) is 11.5 Å². The van der Waals surface area contributed by atoms with E-state index in [4.69, 9.17) is 27.1 Å². The summed E-state index contributed by atoms with van der Waals surface area (Å²) in [6, 6.07) is 15.2. The molecule has 5 aromatic rings. The van der Waals surface area contributed by atoms with Gasteiger partial charge in [-0.05, 0) is 59.7 Å². The van der Waals surface area contributed by atoms with Crippen molar-refractivity contribution >= 4 is 39.9 Å². The van der Waals surface area contributed by atoms with Gasteiger partial charge in [0, 0.05) is 47.8 Å². The van der Waals surface area contributed by atoms with Crippen LogP contribution in [0.25, 0.3) is 32.9 Å². The maximum atomic E-state index is 12.8. The van der Waals surface area contributed by atoms with Gasteiger partial charge in [-0.2, -0.15) is 0 Å². The normalized spacial score (nSPS) is 11.1. The largest absolute Gasteiger partial charge is 0.493 e. The second kappa shape index (κ2) is 9.67. The maximum Gasteiger partial charge on any atom is 0.267 e. The first-order valence-corrected chi connectivity index (χ1v) is 11.6. The average Bonchev–Trinajstić information content (AvgIpc) is 3.34. The van der Waals surface area contributed by atoms with Crippen LogP contribution in [0.15, 0.2) is 60.9 Å². The molecule has 9 nitrogen and oxygen atoms in total. The van der Waals surface area contributed by atoms with Crippen molar-refractivity contribution in [2.75, 3.05) is 20.8 Å². The van der Waals surface area contributed by atoms with Gasteiger partial charge in [0.1, 0.15) is 11.2 Å². The van der Waals surface area contributed by atoms with Crippen LogP contribution in [-0.2, 0) is 6.54 Å². The third-order valence-electron chi connectivity index (χ3n) is 6.04. The Labute approximate surface area is 211 Å². The number of benzene rings is 2. The molecule has 4 N–H and O–H groups in total. The number of aromatic amines is 2. The van der Waals surface area contributed by atoms with Gasteiger partial charge in [0.05, 0.1) is 19.7 Å². The molecule has 3 heterocycles. The van der Waals surface area contributed by atoms with Gasteiger partial charge in [-0.1, -0.05) is 6.07 Å². The van der Waals surface area contributed by atoms with E-state index in [9.17, 15) is 4.79 Å². The van der Waals surface area contributed by atoms with Crippen molar-refractivity contribution in [3.63, 3.8) is 0 Å². The van der Waals surface area contributed by atoms with Gasteiger partial charge in [0.15, 0.2) is 16.3 Å². The van der Waals surface area contributed by atoms with E-state index >= 15 is 0 Å². The fourth-order valence-corrected chi connectivity index (χ4v) is 4.47. The van der Waals surface area contributed by atoms with Crippen LogP contribution < -0.4 is 20.3 Å². The lowest BCUT2D eigenvalue weighted by atomic mass is 10.1. The minimum absolute atomic E-state index is 0.221. The highest BCUT2D eigenvalue weighted by molar-refractivity contribution is 7.71. The van der Waals surface area contributed by atoms with Crippen LogP contribution in [-0.4, -0.2) is 46.2 Å². The summed E-state index contributed by atoms with van der Waals surface area (Å²) in [6.07, 6.45) is 3.51. The fraction of sp³-hybridized carbons (Fsp3) is 0.154. The summed E-state index contributed by atoms with van der Waals surface area (Å²) >= 11 is 5.47. The molecule has 2 aromatic carbocycles. The van der Waals surface area contributed by atoms with E-state index in [0.717, 1.165) is 22.0 Å². The highest BCUT2D eigenvalue weighted by Crippen LogP contribution is 2.30. The number of fused-ring (bicyclic) bond motifs is 2. The lowest BCUT2D eigenvalue weighted by Crippen LogP contribution is -2.32. The maximum absolute atomic E-state index is 12.8. The Bertz CT molecular complexity index is 1700. The van der Waals surface area contributed by atoms with Gasteiger partial charge < -0.3 is 29.3 Å². The van der Waals surface area contributed by atoms with Gasteiger partial charge in [-0.15, -0.1) is 0 Å². The van der Waals surface area contributed by atoms with Gasteiger partial charge >= 0.3 is 0 Å². The van der Waals surface area contributed by atoms with E-state index in [2.05, 4.69) is 20.3 Å². The van der Waals surface area contributed by atoms with E-state index in [1.165, 1.54) is 0 Å². The molecular formula is C26H24N6O3S. The van der Waals surface area contributed by atoms with Crippen LogP contribution in [0.1, 0.15) is 10.5 Å². The molecule has 0 aliphatic carbocycles. The number of carbonyl (C=O) groups excluding carboxylic acids is 1. The number of hydrogen-bond acceptors (Lipinski definition) is 6. The van der Waals surface area contributed by atoms with E-state index in [-0.39, 0.29) is 11.4 Å². The third-order valence-corrected chi connectivity index (χ3v) is 6.36. The van der Waals surface area contributed by atoms with Gasteiger partial charge in [0.2, 0.25) is 0 Å². The molecule has 5 rings (SSSR count). The van der Waals surface area contributed by atoms with Gasteiger partial charge in [-0.3, -0.25) is 15.2 Å². The number of carbonyl (C=O) groups is 1. The number of amides is 1. The highest BCUT2D eigenvalue weighted by atomic mass is 32.1. The van der Waals surface area contributed by atoms with Crippen LogP contribution in [0.4, 0.5) is 0 Å². The van der Waals surface area contributed by atoms with Crippen LogP contribution in [0, 0.1) is 10.2 Å². The van der Waals surface area contributed by atoms with E-state index in [1.807, 2.05) is 36.4 Å². The quantitative estimate of drug-likeness (QED) is 0.250. The second-order valence-electron chi connectivity index (χ2n) is 8.16. The Morgan fingerprint density at radius 1 is 1.00 bits per heavy atom. The molecular weight excluding hydrogens is 476 g/mol. The van der Waals surface area contributed by atoms with Crippen molar-refractivity contribution in [1.29, 1.82) is 5.41 Å². The van der Waals surface area contributed by atoms with Crippen LogP contribution in [0.3, 0.4) is 0 Å². The Kier molecular flexibility index (Phi) is 6.26. The Hall–Kier alpha value is -4.44. The molecule has 0 saturated heterocycles. The summed E-state index contributed by atoms with van der Waals surface area (Å²) in [5, 5.41) is 13.1. The average molecular weight is 501 g/mol. The summed E-state index contributed by atoms with van der Waals surface area (Å²) in [4.78, 5) is 23.2. The molecule has 182 valence electrons. The SMILES string of the molecule is COc1cc2[nH]c(=S)n(CCNC(=O)c3cc4cc(-c5ccncc5)ccc4[nH]3)c(=N)c2cc1OC. The number of pyridine rings is 1. The predicted molar refractivity (Wildman–Crippen MR) is 140 cm³/mol. The molecule has 1 amide bonds. The minimum Gasteiger partial charge on any atom is -0.493 e. The smallest absolute Gasteiger partial charge is 0.267 e. The lowest BCUT2D eigenvalue weighted by molar-refractivity contribution is 0.0948. The van der Waals surface area contributed by atoms with Crippen molar-refractivity contribution in [2.45, 2.75) is 6.54 Å². The molecule has 0 unspecified atom stereocenters. The number of nitrogens with zero attached hydrogens (tertiary/aromatic N) is 2. The molecule has 0 fully saturated rings. The first-order valence-electron chi connectivity index (χ1n) is 11.2. The topological polar surface area (TPSA) is 121 Å². The number of nitrogens with one attached hydrogen (secondary N) is 4. The third kappa shape index (κ3) is 4.34. The number of ether oxygens (including phenoxy) is 2. The van der Waals surface area contributed by atoms with Gasteiger partial charge in [0.25, 0.3) is 5.91 Å². The molecule has 0 bridgehead atoms. The summed E-state index contributed by atoms with van der Waals surface area (Å²) in [5.41, 5.74) is 4.35. The molecule has 0 radical (unpaired) electrons. The van der Waals surface area contributed by atoms with Crippen molar-refractivity contribution in [2.24, 2.45) is 0 Å². The van der Waals surface area contributed by atoms with Crippen molar-refractivity contribution in [1.82, 2.24) is 24.8 Å². The number of aromatic nitrogens is 4. The molecule has 36 heavy (non-hydrogen) atoms. The van der Waals surface area contributed by atoms with Crippen molar-refractivity contribution in [3.05, 3.63) is 76.9 Å². The first kappa shape index (κ1) is 23.3. The zero-order valence-corrected chi connectivity index (χ0v) is 20.5. The number of methoxy groups -OCH3 is 2. The van der Waals surface area contributed by atoms with Crippen molar-refractivity contribution < 1.29 is 14.3 Å². The first-order chi connectivity index (χ1) is 17.5. The standard InChI is InChI=1S/C26H24N6O3S/c1-34-22-13-18-20(14-23(22)35-2)31-26(36)32(24(18)27)10-9-29-25(33)21-12-17-11-16(3-4-19(17)30-21)15-5-7-28-8-6-15/h3-8,11-14,27,30H,9-10H2,1-2H3,(H,29,33)(H,31,36). The second-order valence-corrected chi connectivity index (χ2v) is 8.55. The van der Waals surface area contributed by atoms with Gasteiger partial charge in [-0.25, -0.2) is 0 Å². The summed E-state index contributed by atoms with van der Waals surface area (Å²) in [5.74, 6) is 0.840. The summed E-state index contributed by atoms with van der Waals surface area (Å²) in [7, 11) is 3.10. The predicted octanol–water partition coefficient (Wildman–Crippen LogP) is 4.17. The minimum atomic E-state index is -0.231. The Morgan fingerprint density at radius 3 is 2.50 bits per heavy atom. The van der Waals surface area contributed by atoms with Crippen LogP contribution in [0.2, 0.25) is 0 Å². The van der Waals surface area contributed by atoms with Crippen molar-refractivity contribution in [3.8, 4) is 22.6 Å². The lowest BCUT2D eigenvalue weighted by Gasteiger charge is -2.13. The zero-order valence-electron chi connectivity index (χ0n) is 19.7. The Balaban J connectivity index is 1.33. The Morgan fingerprint density at radius 2 is 1.75 bits per heavy atom. The number of rotatable bonds is 7. The zero-order chi connectivity index (χ0) is 25.2. The molecule has 0 aliphatic heterocycles. The monoisotopic (exact) mass is 500 g/mol. The van der Waals surface area contributed by atoms with E-state index < -0.39 is 0 Å². The molecule has 0 atom stereocenters. The number of hydrogen-bond donors (Lipinski definition) is 4. The van der Waals surface area contributed by atoms with E-state index in [1.54, 1.807) is 43.3 Å². The molecule has 0 saturated carbocycles. The molecule has 0 spiro atoms. The highest BCUT2D eigenvalue weighted by Gasteiger charge is 2.12. The van der Waals surface area contributed by atoms with Crippen LogP contribution >= 0.6 is 12.2 Å². The number of H-pyrrole nitrogens is 2. The summed E-state index contributed by atoms with van der Waals surface area (Å²) in [6.45, 7) is 0.625. The molecule has 3 aromatic heterocycles. The molecule has 10 heteroatoms. The van der Waals surface area contributed by atoms with E-state index in [0.29, 0.717) is 46.0 Å².